The molecule has 0 aromatic heterocycles. The molecule has 0 bridgehead atoms. The predicted molar refractivity (Wildman–Crippen MR) is 66.9 cm³/mol. The number of benzene rings is 1. The third-order valence-corrected chi connectivity index (χ3v) is 3.19. The van der Waals surface area contributed by atoms with E-state index in [0.29, 0.717) is 6.54 Å². The summed E-state index contributed by atoms with van der Waals surface area (Å²) < 4.78 is 4.43. The molecule has 1 aliphatic carbocycles. The lowest BCUT2D eigenvalue weighted by Gasteiger charge is -2.07. The molecule has 1 aromatic carbocycles. The van der Waals surface area contributed by atoms with Crippen molar-refractivity contribution in [2.75, 3.05) is 7.11 Å². The number of nitrogens with one attached hydrogen (secondary N) is 1. The van der Waals surface area contributed by atoms with Gasteiger partial charge in [-0.2, -0.15) is 0 Å². The van der Waals surface area contributed by atoms with Gasteiger partial charge in [0.15, 0.2) is 0 Å². The number of esters is 1. The molecule has 0 atom stereocenters. The Hall–Kier alpha value is -1.84. The largest absolute Gasteiger partial charge is 0.469 e. The van der Waals surface area contributed by atoms with Crippen molar-refractivity contribution in [1.29, 1.82) is 0 Å². The summed E-state index contributed by atoms with van der Waals surface area (Å²) in [7, 11) is 1.27. The number of rotatable bonds is 4. The Balaban J connectivity index is 1.87. The van der Waals surface area contributed by atoms with E-state index in [1.54, 1.807) is 0 Å². The van der Waals surface area contributed by atoms with E-state index < -0.39 is 5.97 Å². The summed E-state index contributed by atoms with van der Waals surface area (Å²) in [5.41, 5.74) is 3.88. The van der Waals surface area contributed by atoms with Gasteiger partial charge in [0, 0.05) is 6.54 Å². The third-order valence-electron chi connectivity index (χ3n) is 3.19. The molecule has 0 radical (unpaired) electrons. The Labute approximate surface area is 106 Å². The van der Waals surface area contributed by atoms with Gasteiger partial charge in [0.1, 0.15) is 6.42 Å². The molecule has 0 spiro atoms. The van der Waals surface area contributed by atoms with Crippen LogP contribution in [-0.4, -0.2) is 19.0 Å². The number of hydrogen-bond donors (Lipinski definition) is 1. The van der Waals surface area contributed by atoms with E-state index in [1.807, 2.05) is 6.07 Å². The summed E-state index contributed by atoms with van der Waals surface area (Å²) in [6.45, 7) is 0.461. The molecular formula is C14H17NO3. The number of fused-ring (bicyclic) bond motifs is 1. The molecule has 1 N–H and O–H groups in total. The van der Waals surface area contributed by atoms with Crippen molar-refractivity contribution in [2.45, 2.75) is 32.2 Å². The molecule has 0 saturated heterocycles. The average molecular weight is 247 g/mol. The van der Waals surface area contributed by atoms with Gasteiger partial charge in [-0.05, 0) is 36.0 Å². The fourth-order valence-electron chi connectivity index (χ4n) is 2.20. The number of amides is 1. The molecule has 2 rings (SSSR count). The summed E-state index contributed by atoms with van der Waals surface area (Å²) in [4.78, 5) is 22.3. The van der Waals surface area contributed by atoms with Crippen molar-refractivity contribution < 1.29 is 14.3 Å². The van der Waals surface area contributed by atoms with Crippen LogP contribution in [0.15, 0.2) is 18.2 Å². The normalized spacial score (nSPS) is 12.9. The zero-order valence-corrected chi connectivity index (χ0v) is 10.5. The Kier molecular flexibility index (Phi) is 3.97. The molecular weight excluding hydrogens is 230 g/mol. The first-order valence-corrected chi connectivity index (χ1v) is 6.13. The van der Waals surface area contributed by atoms with Gasteiger partial charge in [-0.15, -0.1) is 0 Å². The van der Waals surface area contributed by atoms with Crippen LogP contribution in [0.25, 0.3) is 0 Å². The van der Waals surface area contributed by atoms with Gasteiger partial charge < -0.3 is 10.1 Å². The van der Waals surface area contributed by atoms with E-state index in [4.69, 9.17) is 0 Å². The maximum absolute atomic E-state index is 11.4. The summed E-state index contributed by atoms with van der Waals surface area (Å²) >= 11 is 0. The van der Waals surface area contributed by atoms with Gasteiger partial charge in [0.05, 0.1) is 7.11 Å². The van der Waals surface area contributed by atoms with E-state index in [1.165, 1.54) is 24.7 Å². The van der Waals surface area contributed by atoms with E-state index in [-0.39, 0.29) is 12.3 Å². The lowest BCUT2D eigenvalue weighted by Crippen LogP contribution is -2.25. The average Bonchev–Trinajstić information content (AvgIpc) is 2.83. The van der Waals surface area contributed by atoms with Crippen LogP contribution >= 0.6 is 0 Å². The Morgan fingerprint density at radius 3 is 2.83 bits per heavy atom. The third kappa shape index (κ3) is 3.09. The van der Waals surface area contributed by atoms with Crippen LogP contribution in [0.4, 0.5) is 0 Å². The highest BCUT2D eigenvalue weighted by molar-refractivity contribution is 5.94. The molecule has 0 heterocycles. The number of aryl methyl sites for hydroxylation is 2. The molecule has 96 valence electrons. The van der Waals surface area contributed by atoms with Gasteiger partial charge in [-0.3, -0.25) is 9.59 Å². The van der Waals surface area contributed by atoms with Crippen molar-refractivity contribution in [2.24, 2.45) is 0 Å². The number of carbonyl (C=O) groups is 2. The Morgan fingerprint density at radius 2 is 2.06 bits per heavy atom. The fraction of sp³-hybridized carbons (Fsp3) is 0.429. The second-order valence-corrected chi connectivity index (χ2v) is 4.49. The van der Waals surface area contributed by atoms with E-state index >= 15 is 0 Å². The smallest absolute Gasteiger partial charge is 0.315 e. The van der Waals surface area contributed by atoms with E-state index in [2.05, 4.69) is 22.2 Å². The first kappa shape index (κ1) is 12.6. The van der Waals surface area contributed by atoms with E-state index in [0.717, 1.165) is 18.4 Å². The highest BCUT2D eigenvalue weighted by atomic mass is 16.5. The van der Waals surface area contributed by atoms with Crippen molar-refractivity contribution in [3.05, 3.63) is 34.9 Å². The van der Waals surface area contributed by atoms with E-state index in [9.17, 15) is 9.59 Å². The molecule has 1 amide bonds. The highest BCUT2D eigenvalue weighted by Gasteiger charge is 2.12. The van der Waals surface area contributed by atoms with Gasteiger partial charge in [-0.1, -0.05) is 18.2 Å². The molecule has 0 fully saturated rings. The molecule has 1 aliphatic rings. The molecule has 1 aromatic rings. The first-order valence-electron chi connectivity index (χ1n) is 6.13. The standard InChI is InChI=1S/C14H17NO3/c1-18-14(17)8-13(16)15-9-10-5-6-11-3-2-4-12(11)7-10/h5-7H,2-4,8-9H2,1H3,(H,15,16). The van der Waals surface area contributed by atoms with Gasteiger partial charge in [0.2, 0.25) is 5.91 Å². The second kappa shape index (κ2) is 5.67. The quantitative estimate of drug-likeness (QED) is 0.645. The van der Waals surface area contributed by atoms with Gasteiger partial charge >= 0.3 is 5.97 Å². The molecule has 18 heavy (non-hydrogen) atoms. The number of carbonyl (C=O) groups excluding carboxylic acids is 2. The lowest BCUT2D eigenvalue weighted by molar-refractivity contribution is -0.143. The maximum Gasteiger partial charge on any atom is 0.315 e. The van der Waals surface area contributed by atoms with Crippen molar-refractivity contribution >= 4 is 11.9 Å². The van der Waals surface area contributed by atoms with Crippen molar-refractivity contribution in [1.82, 2.24) is 5.32 Å². The molecule has 0 unspecified atom stereocenters. The van der Waals surface area contributed by atoms with Crippen LogP contribution in [0.1, 0.15) is 29.5 Å². The maximum atomic E-state index is 11.4. The monoisotopic (exact) mass is 247 g/mol. The van der Waals surface area contributed by atoms with Crippen LogP contribution in [0.3, 0.4) is 0 Å². The number of methoxy groups -OCH3 is 1. The summed E-state index contributed by atoms with van der Waals surface area (Å²) in [6.07, 6.45) is 3.28. The van der Waals surface area contributed by atoms with Gasteiger partial charge in [0.25, 0.3) is 0 Å². The topological polar surface area (TPSA) is 55.4 Å². The predicted octanol–water partition coefficient (Wildman–Crippen LogP) is 1.35. The Bertz CT molecular complexity index is 468. The highest BCUT2D eigenvalue weighted by Crippen LogP contribution is 2.22. The first-order chi connectivity index (χ1) is 8.69. The summed E-state index contributed by atoms with van der Waals surface area (Å²) in [6, 6.07) is 6.30. The van der Waals surface area contributed by atoms with Crippen LogP contribution in [0.5, 0.6) is 0 Å². The SMILES string of the molecule is COC(=O)CC(=O)NCc1ccc2c(c1)CCC2. The van der Waals surface area contributed by atoms with Crippen LogP contribution in [-0.2, 0) is 33.7 Å². The molecule has 4 nitrogen and oxygen atoms in total. The summed E-state index contributed by atoms with van der Waals surface area (Å²) in [5, 5.41) is 2.72. The van der Waals surface area contributed by atoms with Gasteiger partial charge in [-0.25, -0.2) is 0 Å². The van der Waals surface area contributed by atoms with Crippen molar-refractivity contribution in [3.8, 4) is 0 Å². The lowest BCUT2D eigenvalue weighted by atomic mass is 10.1. The number of hydrogen-bond acceptors (Lipinski definition) is 3. The fourth-order valence-corrected chi connectivity index (χ4v) is 2.20. The number of ether oxygens (including phenoxy) is 1. The minimum atomic E-state index is -0.513. The minimum absolute atomic E-state index is 0.221. The zero-order chi connectivity index (χ0) is 13.0. The van der Waals surface area contributed by atoms with Crippen LogP contribution in [0, 0.1) is 0 Å². The Morgan fingerprint density at radius 1 is 1.28 bits per heavy atom. The summed E-state index contributed by atoms with van der Waals surface area (Å²) in [5.74, 6) is -0.816. The molecule has 0 aliphatic heterocycles. The van der Waals surface area contributed by atoms with Crippen molar-refractivity contribution in [3.63, 3.8) is 0 Å². The van der Waals surface area contributed by atoms with Crippen LogP contribution < -0.4 is 5.32 Å². The molecule has 4 heteroatoms. The second-order valence-electron chi connectivity index (χ2n) is 4.49. The van der Waals surface area contributed by atoms with Crippen LogP contribution in [0.2, 0.25) is 0 Å². The molecule has 0 saturated carbocycles. The minimum Gasteiger partial charge on any atom is -0.469 e. The zero-order valence-electron chi connectivity index (χ0n) is 10.5.